The molecular weight excluding hydrogens is 539 g/mol. The standard InChI is InChI=1S/C25H24ClIN2O3/c1-2-31-23-15-20(16-28-29-24(30)13-10-18-6-4-3-5-7-18)14-22(27)25(23)32-17-19-8-11-21(26)12-9-19/h3-9,11-12,14-16H,2,10,13,17H2,1H3,(H,29,30)/b28-16-. The molecule has 0 unspecified atom stereocenters. The van der Waals surface area contributed by atoms with Crippen molar-refractivity contribution in [3.05, 3.63) is 92.0 Å². The van der Waals surface area contributed by atoms with Gasteiger partial charge in [0.05, 0.1) is 16.4 Å². The van der Waals surface area contributed by atoms with Crippen molar-refractivity contribution in [1.82, 2.24) is 5.43 Å². The molecule has 0 spiro atoms. The van der Waals surface area contributed by atoms with Crippen LogP contribution < -0.4 is 14.9 Å². The second-order valence-corrected chi connectivity index (χ2v) is 8.56. The molecule has 1 amide bonds. The van der Waals surface area contributed by atoms with Crippen LogP contribution in [0.3, 0.4) is 0 Å². The molecule has 0 heterocycles. The van der Waals surface area contributed by atoms with Gasteiger partial charge in [0.1, 0.15) is 6.61 Å². The van der Waals surface area contributed by atoms with E-state index in [4.69, 9.17) is 21.1 Å². The van der Waals surface area contributed by atoms with Gasteiger partial charge in [-0.05, 0) is 76.9 Å². The van der Waals surface area contributed by atoms with E-state index >= 15 is 0 Å². The summed E-state index contributed by atoms with van der Waals surface area (Å²) in [6.45, 7) is 2.83. The number of nitrogens with one attached hydrogen (secondary N) is 1. The molecule has 32 heavy (non-hydrogen) atoms. The highest BCUT2D eigenvalue weighted by atomic mass is 127. The largest absolute Gasteiger partial charge is 0.490 e. The fourth-order valence-electron chi connectivity index (χ4n) is 2.94. The van der Waals surface area contributed by atoms with Gasteiger partial charge in [-0.15, -0.1) is 0 Å². The van der Waals surface area contributed by atoms with E-state index in [1.165, 1.54) is 0 Å². The Hall–Kier alpha value is -2.58. The highest BCUT2D eigenvalue weighted by molar-refractivity contribution is 14.1. The van der Waals surface area contributed by atoms with Crippen LogP contribution in [0.25, 0.3) is 0 Å². The van der Waals surface area contributed by atoms with Gasteiger partial charge >= 0.3 is 0 Å². The molecule has 0 saturated carbocycles. The third-order valence-electron chi connectivity index (χ3n) is 4.51. The number of hydrogen-bond acceptors (Lipinski definition) is 4. The first kappa shape index (κ1) is 24.1. The molecule has 0 bridgehead atoms. The molecule has 0 saturated heterocycles. The lowest BCUT2D eigenvalue weighted by Gasteiger charge is -2.15. The smallest absolute Gasteiger partial charge is 0.240 e. The van der Waals surface area contributed by atoms with Crippen molar-refractivity contribution in [1.29, 1.82) is 0 Å². The number of ether oxygens (including phenoxy) is 2. The summed E-state index contributed by atoms with van der Waals surface area (Å²) in [5, 5.41) is 4.78. The highest BCUT2D eigenvalue weighted by Crippen LogP contribution is 2.34. The minimum atomic E-state index is -0.132. The van der Waals surface area contributed by atoms with Gasteiger partial charge in [-0.3, -0.25) is 4.79 Å². The van der Waals surface area contributed by atoms with E-state index in [1.807, 2.05) is 73.7 Å². The number of aryl methyl sites for hydroxylation is 1. The van der Waals surface area contributed by atoms with Gasteiger partial charge in [-0.25, -0.2) is 5.43 Å². The number of amides is 1. The Morgan fingerprint density at radius 1 is 1.06 bits per heavy atom. The lowest BCUT2D eigenvalue weighted by molar-refractivity contribution is -0.121. The van der Waals surface area contributed by atoms with Crippen LogP contribution in [0.2, 0.25) is 5.02 Å². The Balaban J connectivity index is 1.61. The second kappa shape index (κ2) is 12.5. The molecule has 5 nitrogen and oxygen atoms in total. The van der Waals surface area contributed by atoms with Crippen molar-refractivity contribution in [3.8, 4) is 11.5 Å². The van der Waals surface area contributed by atoms with E-state index in [0.29, 0.717) is 42.6 Å². The monoisotopic (exact) mass is 562 g/mol. The van der Waals surface area contributed by atoms with E-state index in [0.717, 1.165) is 20.3 Å². The van der Waals surface area contributed by atoms with E-state index in [1.54, 1.807) is 6.21 Å². The lowest BCUT2D eigenvalue weighted by Crippen LogP contribution is -2.17. The van der Waals surface area contributed by atoms with Crippen LogP contribution in [0.1, 0.15) is 30.0 Å². The second-order valence-electron chi connectivity index (χ2n) is 6.96. The van der Waals surface area contributed by atoms with Crippen molar-refractivity contribution >= 4 is 46.3 Å². The fourth-order valence-corrected chi connectivity index (χ4v) is 3.85. The minimum Gasteiger partial charge on any atom is -0.490 e. The number of carbonyl (C=O) groups excluding carboxylic acids is 1. The molecule has 7 heteroatoms. The third kappa shape index (κ3) is 7.53. The van der Waals surface area contributed by atoms with Crippen LogP contribution >= 0.6 is 34.2 Å². The van der Waals surface area contributed by atoms with E-state index in [-0.39, 0.29) is 5.91 Å². The average Bonchev–Trinajstić information content (AvgIpc) is 2.79. The Morgan fingerprint density at radius 3 is 2.53 bits per heavy atom. The molecule has 0 radical (unpaired) electrons. The summed E-state index contributed by atoms with van der Waals surface area (Å²) in [5.74, 6) is 1.17. The molecule has 0 fully saturated rings. The highest BCUT2D eigenvalue weighted by Gasteiger charge is 2.12. The van der Waals surface area contributed by atoms with Crippen molar-refractivity contribution in [2.24, 2.45) is 5.10 Å². The van der Waals surface area contributed by atoms with Crippen molar-refractivity contribution < 1.29 is 14.3 Å². The molecule has 3 rings (SSSR count). The predicted octanol–water partition coefficient (Wildman–Crippen LogP) is 6.01. The van der Waals surface area contributed by atoms with Crippen LogP contribution in [0.5, 0.6) is 11.5 Å². The molecular formula is C25H24ClIN2O3. The van der Waals surface area contributed by atoms with Gasteiger partial charge in [-0.2, -0.15) is 5.10 Å². The zero-order valence-corrected chi connectivity index (χ0v) is 20.6. The Kier molecular flexibility index (Phi) is 9.37. The van der Waals surface area contributed by atoms with E-state index in [2.05, 4.69) is 33.1 Å². The number of benzene rings is 3. The molecule has 3 aromatic carbocycles. The molecule has 0 aliphatic rings. The maximum Gasteiger partial charge on any atom is 0.240 e. The van der Waals surface area contributed by atoms with Crippen molar-refractivity contribution in [3.63, 3.8) is 0 Å². The first-order chi connectivity index (χ1) is 15.5. The summed E-state index contributed by atoms with van der Waals surface area (Å²) in [6.07, 6.45) is 2.66. The quantitative estimate of drug-likeness (QED) is 0.187. The summed E-state index contributed by atoms with van der Waals surface area (Å²) < 4.78 is 12.7. The number of carbonyl (C=O) groups is 1. The number of nitrogens with zero attached hydrogens (tertiary/aromatic N) is 1. The maximum atomic E-state index is 12.1. The van der Waals surface area contributed by atoms with Crippen LogP contribution in [0.15, 0.2) is 71.8 Å². The molecule has 0 aromatic heterocycles. The first-order valence-corrected chi connectivity index (χ1v) is 11.7. The number of hydrazone groups is 1. The zero-order chi connectivity index (χ0) is 22.8. The van der Waals surface area contributed by atoms with Crippen LogP contribution in [0.4, 0.5) is 0 Å². The number of rotatable bonds is 10. The van der Waals surface area contributed by atoms with E-state index < -0.39 is 0 Å². The summed E-state index contributed by atoms with van der Waals surface area (Å²) >= 11 is 8.15. The van der Waals surface area contributed by atoms with Gasteiger partial charge in [-0.1, -0.05) is 54.1 Å². The van der Waals surface area contributed by atoms with Gasteiger partial charge in [0.25, 0.3) is 0 Å². The molecule has 3 aromatic rings. The van der Waals surface area contributed by atoms with Gasteiger partial charge in [0.2, 0.25) is 5.91 Å². The SMILES string of the molecule is CCOc1cc(/C=N\NC(=O)CCc2ccccc2)cc(I)c1OCc1ccc(Cl)cc1. The molecule has 166 valence electrons. The number of hydrogen-bond donors (Lipinski definition) is 1. The van der Waals surface area contributed by atoms with Gasteiger partial charge in [0.15, 0.2) is 11.5 Å². The Labute approximate surface area is 206 Å². The van der Waals surface area contributed by atoms with Crippen molar-refractivity contribution in [2.45, 2.75) is 26.4 Å². The van der Waals surface area contributed by atoms with Crippen LogP contribution in [-0.2, 0) is 17.8 Å². The molecule has 0 aliphatic heterocycles. The summed E-state index contributed by atoms with van der Waals surface area (Å²) in [4.78, 5) is 12.1. The maximum absolute atomic E-state index is 12.1. The van der Waals surface area contributed by atoms with Gasteiger partial charge < -0.3 is 9.47 Å². The summed E-state index contributed by atoms with van der Waals surface area (Å²) in [7, 11) is 0. The van der Waals surface area contributed by atoms with E-state index in [9.17, 15) is 4.79 Å². The fraction of sp³-hybridized carbons (Fsp3) is 0.200. The lowest BCUT2D eigenvalue weighted by atomic mass is 10.1. The van der Waals surface area contributed by atoms with Crippen LogP contribution in [0, 0.1) is 3.57 Å². The zero-order valence-electron chi connectivity index (χ0n) is 17.7. The van der Waals surface area contributed by atoms with Crippen LogP contribution in [-0.4, -0.2) is 18.7 Å². The molecule has 0 atom stereocenters. The van der Waals surface area contributed by atoms with Crippen molar-refractivity contribution in [2.75, 3.05) is 6.61 Å². The summed E-state index contributed by atoms with van der Waals surface area (Å²) in [6, 6.07) is 21.2. The molecule has 0 aliphatic carbocycles. The van der Waals surface area contributed by atoms with Gasteiger partial charge in [0, 0.05) is 11.4 Å². The predicted molar refractivity (Wildman–Crippen MR) is 137 cm³/mol. The average molecular weight is 563 g/mol. The summed E-state index contributed by atoms with van der Waals surface area (Å²) in [5.41, 5.74) is 5.52. The molecule has 1 N–H and O–H groups in total. The Bertz CT molecular complexity index is 1060. The third-order valence-corrected chi connectivity index (χ3v) is 5.57. The topological polar surface area (TPSA) is 59.9 Å². The first-order valence-electron chi connectivity index (χ1n) is 10.2. The normalized spacial score (nSPS) is 10.8. The number of halogens is 2. The Morgan fingerprint density at radius 2 is 1.81 bits per heavy atom. The minimum absolute atomic E-state index is 0.132.